The average molecular weight is 297 g/mol. The first kappa shape index (κ1) is 14.0. The van der Waals surface area contributed by atoms with Crippen molar-refractivity contribution in [1.82, 2.24) is 25.2 Å². The largest absolute Gasteiger partial charge is 0.351 e. The van der Waals surface area contributed by atoms with Gasteiger partial charge in [-0.2, -0.15) is 5.10 Å². The molecule has 0 radical (unpaired) electrons. The second-order valence-electron chi connectivity index (χ2n) is 4.96. The summed E-state index contributed by atoms with van der Waals surface area (Å²) in [6.45, 7) is 3.68. The molecule has 1 N–H and O–H groups in total. The molecule has 0 bridgehead atoms. The molecule has 0 aliphatic rings. The van der Waals surface area contributed by atoms with Crippen molar-refractivity contribution in [3.8, 4) is 5.69 Å². The van der Waals surface area contributed by atoms with Crippen molar-refractivity contribution >= 4 is 5.91 Å². The van der Waals surface area contributed by atoms with Crippen molar-refractivity contribution in [2.24, 2.45) is 0 Å². The molecule has 0 spiro atoms. The molecule has 0 aliphatic heterocycles. The number of aryl methyl sites for hydroxylation is 1. The van der Waals surface area contributed by atoms with E-state index in [9.17, 15) is 4.79 Å². The Morgan fingerprint density at radius 1 is 1.32 bits per heavy atom. The van der Waals surface area contributed by atoms with Crippen molar-refractivity contribution in [3.63, 3.8) is 0 Å². The van der Waals surface area contributed by atoms with E-state index in [2.05, 4.69) is 20.6 Å². The molecule has 3 rings (SSSR count). The number of hydrogen-bond donors (Lipinski definition) is 1. The first-order chi connectivity index (χ1) is 10.6. The summed E-state index contributed by atoms with van der Waals surface area (Å²) in [5.74, 6) is -0.0722. The molecule has 0 saturated carbocycles. The van der Waals surface area contributed by atoms with Crippen LogP contribution in [0.4, 0.5) is 0 Å². The lowest BCUT2D eigenvalue weighted by Gasteiger charge is -2.13. The maximum Gasteiger partial charge on any atom is 0.290 e. The maximum absolute atomic E-state index is 12.0. The number of nitrogens with one attached hydrogen (secondary N) is 1. The van der Waals surface area contributed by atoms with Crippen molar-refractivity contribution < 1.29 is 9.32 Å². The minimum atomic E-state index is -0.284. The van der Waals surface area contributed by atoms with Gasteiger partial charge in [0, 0.05) is 6.07 Å². The Kier molecular flexibility index (Phi) is 3.69. The second-order valence-corrected chi connectivity index (χ2v) is 4.96. The maximum atomic E-state index is 12.0. The highest BCUT2D eigenvalue weighted by molar-refractivity contribution is 5.91. The number of nitrogens with zero attached hydrogens (tertiary/aromatic N) is 4. The topological polar surface area (TPSA) is 85.8 Å². The van der Waals surface area contributed by atoms with Gasteiger partial charge in [0.15, 0.2) is 0 Å². The molecule has 0 fully saturated rings. The fraction of sp³-hybridized carbons (Fsp3) is 0.200. The molecule has 1 amide bonds. The smallest absolute Gasteiger partial charge is 0.290 e. The normalized spacial score (nSPS) is 12.1. The molecule has 7 nitrogen and oxygen atoms in total. The van der Waals surface area contributed by atoms with Gasteiger partial charge >= 0.3 is 0 Å². The van der Waals surface area contributed by atoms with E-state index in [1.54, 1.807) is 24.0 Å². The van der Waals surface area contributed by atoms with E-state index in [0.29, 0.717) is 5.69 Å². The highest BCUT2D eigenvalue weighted by atomic mass is 16.5. The fourth-order valence-corrected chi connectivity index (χ4v) is 2.08. The van der Waals surface area contributed by atoms with E-state index in [4.69, 9.17) is 4.52 Å². The molecular formula is C15H15N5O2. The standard InChI is InChI=1S/C15H15N5O2/c1-10-7-14(22-19-10)15(21)18-11(2)12-3-5-13(6-4-12)20-9-16-8-17-20/h3-9,11H,1-2H3,(H,18,21)/t11-/m0/s1. The van der Waals surface area contributed by atoms with Gasteiger partial charge in [-0.15, -0.1) is 0 Å². The van der Waals surface area contributed by atoms with E-state index in [-0.39, 0.29) is 17.7 Å². The van der Waals surface area contributed by atoms with Crippen LogP contribution in [-0.4, -0.2) is 25.8 Å². The van der Waals surface area contributed by atoms with Crippen molar-refractivity contribution in [2.75, 3.05) is 0 Å². The molecule has 7 heteroatoms. The van der Waals surface area contributed by atoms with Crippen molar-refractivity contribution in [2.45, 2.75) is 19.9 Å². The molecule has 0 aliphatic carbocycles. The Morgan fingerprint density at radius 2 is 2.09 bits per heavy atom. The van der Waals surface area contributed by atoms with Crippen LogP contribution in [-0.2, 0) is 0 Å². The summed E-state index contributed by atoms with van der Waals surface area (Å²) < 4.78 is 6.62. The van der Waals surface area contributed by atoms with Crippen LogP contribution >= 0.6 is 0 Å². The van der Waals surface area contributed by atoms with Gasteiger partial charge in [0.1, 0.15) is 12.7 Å². The fourth-order valence-electron chi connectivity index (χ4n) is 2.08. The van der Waals surface area contributed by atoms with E-state index < -0.39 is 0 Å². The average Bonchev–Trinajstić information content (AvgIpc) is 3.18. The molecule has 22 heavy (non-hydrogen) atoms. The summed E-state index contributed by atoms with van der Waals surface area (Å²) in [5.41, 5.74) is 2.56. The van der Waals surface area contributed by atoms with Crippen LogP contribution < -0.4 is 5.32 Å². The van der Waals surface area contributed by atoms with Gasteiger partial charge in [-0.1, -0.05) is 17.3 Å². The SMILES string of the molecule is Cc1cc(C(=O)N[C@@H](C)c2ccc(-n3cncn3)cc2)on1. The minimum absolute atomic E-state index is 0.150. The van der Waals surface area contributed by atoms with E-state index in [1.165, 1.54) is 6.33 Å². The van der Waals surface area contributed by atoms with Crippen LogP contribution in [0.15, 0.2) is 47.5 Å². The highest BCUT2D eigenvalue weighted by Gasteiger charge is 2.15. The Labute approximate surface area is 127 Å². The van der Waals surface area contributed by atoms with E-state index >= 15 is 0 Å². The van der Waals surface area contributed by atoms with Gasteiger partial charge in [-0.3, -0.25) is 4.79 Å². The van der Waals surface area contributed by atoms with Crippen LogP contribution in [0.5, 0.6) is 0 Å². The molecule has 112 valence electrons. The van der Waals surface area contributed by atoms with Crippen molar-refractivity contribution in [3.05, 3.63) is 60.0 Å². The molecular weight excluding hydrogens is 282 g/mol. The van der Waals surface area contributed by atoms with Gasteiger partial charge in [0.05, 0.1) is 17.4 Å². The zero-order valence-corrected chi connectivity index (χ0v) is 12.2. The molecule has 3 aromatic rings. The first-order valence-corrected chi connectivity index (χ1v) is 6.82. The predicted octanol–water partition coefficient (Wildman–Crippen LogP) is 2.05. The summed E-state index contributed by atoms with van der Waals surface area (Å²) >= 11 is 0. The molecule has 0 unspecified atom stereocenters. The van der Waals surface area contributed by atoms with Crippen LogP contribution in [0.2, 0.25) is 0 Å². The predicted molar refractivity (Wildman–Crippen MR) is 78.5 cm³/mol. The number of benzene rings is 1. The third-order valence-corrected chi connectivity index (χ3v) is 3.28. The lowest BCUT2D eigenvalue weighted by atomic mass is 10.1. The molecule has 2 heterocycles. The number of aromatic nitrogens is 4. The Hall–Kier alpha value is -2.96. The van der Waals surface area contributed by atoms with Crippen LogP contribution in [0.3, 0.4) is 0 Å². The molecule has 0 saturated heterocycles. The lowest BCUT2D eigenvalue weighted by Crippen LogP contribution is -2.26. The molecule has 2 aromatic heterocycles. The zero-order valence-electron chi connectivity index (χ0n) is 12.2. The molecule has 1 atom stereocenters. The van der Waals surface area contributed by atoms with Gasteiger partial charge in [0.25, 0.3) is 5.91 Å². The van der Waals surface area contributed by atoms with Crippen molar-refractivity contribution in [1.29, 1.82) is 0 Å². The molecule has 1 aromatic carbocycles. The Balaban J connectivity index is 1.69. The highest BCUT2D eigenvalue weighted by Crippen LogP contribution is 2.16. The van der Waals surface area contributed by atoms with Gasteiger partial charge in [-0.25, -0.2) is 9.67 Å². The minimum Gasteiger partial charge on any atom is -0.351 e. The monoisotopic (exact) mass is 297 g/mol. The summed E-state index contributed by atoms with van der Waals surface area (Å²) in [6, 6.07) is 9.18. The van der Waals surface area contributed by atoms with Gasteiger partial charge in [-0.05, 0) is 31.5 Å². The van der Waals surface area contributed by atoms with Crippen LogP contribution in [0.1, 0.15) is 34.8 Å². The quantitative estimate of drug-likeness (QED) is 0.796. The van der Waals surface area contributed by atoms with Crippen LogP contribution in [0.25, 0.3) is 5.69 Å². The van der Waals surface area contributed by atoms with E-state index in [0.717, 1.165) is 11.3 Å². The van der Waals surface area contributed by atoms with Gasteiger partial charge in [0.2, 0.25) is 5.76 Å². The number of amides is 1. The number of carbonyl (C=O) groups is 1. The lowest BCUT2D eigenvalue weighted by molar-refractivity contribution is 0.0902. The number of rotatable bonds is 4. The number of hydrogen-bond acceptors (Lipinski definition) is 5. The zero-order chi connectivity index (χ0) is 15.5. The summed E-state index contributed by atoms with van der Waals surface area (Å²) in [7, 11) is 0. The van der Waals surface area contributed by atoms with Gasteiger partial charge < -0.3 is 9.84 Å². The summed E-state index contributed by atoms with van der Waals surface area (Å²) in [5, 5.41) is 10.6. The number of carbonyl (C=O) groups excluding carboxylic acids is 1. The second kappa shape index (κ2) is 5.80. The third-order valence-electron chi connectivity index (χ3n) is 3.28. The summed E-state index contributed by atoms with van der Waals surface area (Å²) in [4.78, 5) is 15.9. The van der Waals surface area contributed by atoms with Crippen LogP contribution in [0, 0.1) is 6.92 Å². The Bertz CT molecular complexity index is 762. The van der Waals surface area contributed by atoms with E-state index in [1.807, 2.05) is 31.2 Å². The first-order valence-electron chi connectivity index (χ1n) is 6.82. The summed E-state index contributed by atoms with van der Waals surface area (Å²) in [6.07, 6.45) is 3.11. The Morgan fingerprint density at radius 3 is 2.68 bits per heavy atom. The third kappa shape index (κ3) is 2.88.